The minimum atomic E-state index is 0.0369. The molecule has 0 atom stereocenters. The highest BCUT2D eigenvalue weighted by atomic mass is 35.5. The van der Waals surface area contributed by atoms with Crippen LogP contribution in [-0.2, 0) is 5.41 Å². The first kappa shape index (κ1) is 11.5. The van der Waals surface area contributed by atoms with Crippen LogP contribution in [0.5, 0.6) is 0 Å². The summed E-state index contributed by atoms with van der Waals surface area (Å²) in [5.74, 6) is 0. The van der Waals surface area contributed by atoms with E-state index in [2.05, 4.69) is 50.2 Å². The Labute approximate surface area is 121 Å². The predicted molar refractivity (Wildman–Crippen MR) is 84.4 cm³/mol. The van der Waals surface area contributed by atoms with E-state index in [0.717, 1.165) is 5.02 Å². The fourth-order valence-electron chi connectivity index (χ4n) is 3.22. The van der Waals surface area contributed by atoms with Gasteiger partial charge in [-0.2, -0.15) is 0 Å². The van der Waals surface area contributed by atoms with Crippen LogP contribution in [0.15, 0.2) is 42.5 Å². The van der Waals surface area contributed by atoms with Crippen LogP contribution in [0.4, 0.5) is 0 Å². The quantitative estimate of drug-likeness (QED) is 0.485. The zero-order chi connectivity index (χ0) is 13.2. The van der Waals surface area contributed by atoms with Crippen molar-refractivity contribution in [3.05, 3.63) is 58.6 Å². The molecule has 1 heterocycles. The Morgan fingerprint density at radius 1 is 1.05 bits per heavy atom. The number of fused-ring (bicyclic) bond motifs is 5. The minimum absolute atomic E-state index is 0.0369. The summed E-state index contributed by atoms with van der Waals surface area (Å²) in [6.07, 6.45) is 0. The Morgan fingerprint density at radius 2 is 1.84 bits per heavy atom. The van der Waals surface area contributed by atoms with E-state index in [1.807, 2.05) is 17.4 Å². The summed E-state index contributed by atoms with van der Waals surface area (Å²) in [6, 6.07) is 15.0. The second kappa shape index (κ2) is 3.62. The van der Waals surface area contributed by atoms with Gasteiger partial charge in [0.15, 0.2) is 0 Å². The van der Waals surface area contributed by atoms with Crippen molar-refractivity contribution in [2.24, 2.45) is 0 Å². The highest BCUT2D eigenvalue weighted by Gasteiger charge is 2.38. The molecule has 0 unspecified atom stereocenters. The summed E-state index contributed by atoms with van der Waals surface area (Å²) in [5, 5.41) is 2.21. The van der Waals surface area contributed by atoms with Gasteiger partial charge in [0.1, 0.15) is 0 Å². The Hall–Kier alpha value is -1.31. The van der Waals surface area contributed by atoms with Gasteiger partial charge in [0.2, 0.25) is 0 Å². The van der Waals surface area contributed by atoms with Gasteiger partial charge in [-0.3, -0.25) is 0 Å². The van der Waals surface area contributed by atoms with Crippen LogP contribution in [0, 0.1) is 0 Å². The lowest BCUT2D eigenvalue weighted by atomic mass is 9.81. The Kier molecular flexibility index (Phi) is 2.19. The summed E-state index contributed by atoms with van der Waals surface area (Å²) in [4.78, 5) is 1.41. The lowest BCUT2D eigenvalue weighted by Crippen LogP contribution is -2.14. The number of thiophene rings is 1. The van der Waals surface area contributed by atoms with Gasteiger partial charge in [-0.25, -0.2) is 0 Å². The molecule has 4 rings (SSSR count). The molecule has 3 aromatic rings. The number of halogens is 1. The van der Waals surface area contributed by atoms with Crippen molar-refractivity contribution >= 4 is 33.0 Å². The molecule has 0 fully saturated rings. The first-order valence-corrected chi connectivity index (χ1v) is 7.61. The van der Waals surface area contributed by atoms with Crippen molar-refractivity contribution < 1.29 is 0 Å². The van der Waals surface area contributed by atoms with Gasteiger partial charge in [0.05, 0.1) is 0 Å². The van der Waals surface area contributed by atoms with Crippen molar-refractivity contribution in [1.29, 1.82) is 0 Å². The van der Waals surface area contributed by atoms with E-state index in [1.165, 1.54) is 31.7 Å². The second-order valence-corrected chi connectivity index (χ2v) is 7.11. The summed E-state index contributed by atoms with van der Waals surface area (Å²) in [6.45, 7) is 4.60. The summed E-state index contributed by atoms with van der Waals surface area (Å²) in [5.41, 5.74) is 4.21. The van der Waals surface area contributed by atoms with Crippen molar-refractivity contribution in [1.82, 2.24) is 0 Å². The van der Waals surface area contributed by atoms with E-state index in [1.54, 1.807) is 0 Å². The molecular formula is C17H13ClS. The molecule has 1 aliphatic carbocycles. The number of rotatable bonds is 0. The average molecular weight is 285 g/mol. The van der Waals surface area contributed by atoms with Gasteiger partial charge in [0, 0.05) is 20.0 Å². The maximum absolute atomic E-state index is 6.18. The molecule has 94 valence electrons. The van der Waals surface area contributed by atoms with Crippen LogP contribution < -0.4 is 0 Å². The maximum atomic E-state index is 6.18. The molecule has 1 aliphatic rings. The number of hydrogen-bond donors (Lipinski definition) is 0. The predicted octanol–water partition coefficient (Wildman–Crippen LogP) is 5.86. The van der Waals surface area contributed by atoms with Gasteiger partial charge in [-0.1, -0.05) is 49.7 Å². The SMILES string of the molecule is CC1(C)c2cc(Cl)ccc2-c2sc3ccccc3c21. The van der Waals surface area contributed by atoms with Gasteiger partial charge in [-0.05, 0) is 40.3 Å². The van der Waals surface area contributed by atoms with Crippen LogP contribution >= 0.6 is 22.9 Å². The molecule has 0 nitrogen and oxygen atoms in total. The summed E-state index contributed by atoms with van der Waals surface area (Å²) < 4.78 is 1.38. The van der Waals surface area contributed by atoms with E-state index < -0.39 is 0 Å². The van der Waals surface area contributed by atoms with Gasteiger partial charge >= 0.3 is 0 Å². The zero-order valence-corrected chi connectivity index (χ0v) is 12.4. The number of benzene rings is 2. The molecule has 0 spiro atoms. The lowest BCUT2D eigenvalue weighted by molar-refractivity contribution is 0.667. The first-order valence-electron chi connectivity index (χ1n) is 6.41. The van der Waals surface area contributed by atoms with E-state index in [0.29, 0.717) is 0 Å². The molecule has 0 radical (unpaired) electrons. The molecule has 0 N–H and O–H groups in total. The molecule has 1 aromatic heterocycles. The zero-order valence-electron chi connectivity index (χ0n) is 10.8. The standard InChI is InChI=1S/C17H13ClS/c1-17(2)13-9-10(18)7-8-11(13)16-15(17)12-5-3-4-6-14(12)19-16/h3-9H,1-2H3. The van der Waals surface area contributed by atoms with Crippen LogP contribution in [-0.4, -0.2) is 0 Å². The molecule has 0 amide bonds. The Bertz CT molecular complexity index is 811. The van der Waals surface area contributed by atoms with Crippen molar-refractivity contribution in [2.45, 2.75) is 19.3 Å². The van der Waals surface area contributed by atoms with Crippen LogP contribution in [0.2, 0.25) is 5.02 Å². The van der Waals surface area contributed by atoms with Gasteiger partial charge in [-0.15, -0.1) is 11.3 Å². The van der Waals surface area contributed by atoms with E-state index >= 15 is 0 Å². The van der Waals surface area contributed by atoms with E-state index in [-0.39, 0.29) is 5.41 Å². The second-order valence-electron chi connectivity index (χ2n) is 5.62. The number of hydrogen-bond acceptors (Lipinski definition) is 1. The fourth-order valence-corrected chi connectivity index (χ4v) is 4.80. The third-order valence-electron chi connectivity index (χ3n) is 4.12. The summed E-state index contributed by atoms with van der Waals surface area (Å²) >= 11 is 8.08. The molecule has 2 aromatic carbocycles. The van der Waals surface area contributed by atoms with Crippen LogP contribution in [0.1, 0.15) is 25.0 Å². The van der Waals surface area contributed by atoms with E-state index in [9.17, 15) is 0 Å². The largest absolute Gasteiger partial charge is 0.135 e. The van der Waals surface area contributed by atoms with Crippen LogP contribution in [0.25, 0.3) is 20.5 Å². The lowest BCUT2D eigenvalue weighted by Gasteiger charge is -2.21. The smallest absolute Gasteiger partial charge is 0.0409 e. The Balaban J connectivity index is 2.17. The van der Waals surface area contributed by atoms with Crippen molar-refractivity contribution in [3.8, 4) is 10.4 Å². The Morgan fingerprint density at radius 3 is 2.68 bits per heavy atom. The molecule has 19 heavy (non-hydrogen) atoms. The summed E-state index contributed by atoms with van der Waals surface area (Å²) in [7, 11) is 0. The first-order chi connectivity index (χ1) is 9.09. The maximum Gasteiger partial charge on any atom is 0.0409 e. The monoisotopic (exact) mass is 284 g/mol. The highest BCUT2D eigenvalue weighted by Crippen LogP contribution is 2.55. The molecule has 2 heteroatoms. The molecule has 0 bridgehead atoms. The minimum Gasteiger partial charge on any atom is -0.135 e. The third kappa shape index (κ3) is 1.40. The topological polar surface area (TPSA) is 0 Å². The van der Waals surface area contributed by atoms with Gasteiger partial charge in [0.25, 0.3) is 0 Å². The molecule has 0 saturated carbocycles. The highest BCUT2D eigenvalue weighted by molar-refractivity contribution is 7.22. The molecule has 0 saturated heterocycles. The van der Waals surface area contributed by atoms with Crippen molar-refractivity contribution in [2.75, 3.05) is 0 Å². The molecular weight excluding hydrogens is 272 g/mol. The fraction of sp³-hybridized carbons (Fsp3) is 0.176. The normalized spacial score (nSPS) is 15.5. The third-order valence-corrected chi connectivity index (χ3v) is 5.56. The van der Waals surface area contributed by atoms with E-state index in [4.69, 9.17) is 11.6 Å². The van der Waals surface area contributed by atoms with Crippen LogP contribution in [0.3, 0.4) is 0 Å². The average Bonchev–Trinajstić information content (AvgIpc) is 2.86. The molecule has 0 aliphatic heterocycles. The van der Waals surface area contributed by atoms with Crippen molar-refractivity contribution in [3.63, 3.8) is 0 Å². The van der Waals surface area contributed by atoms with Gasteiger partial charge < -0.3 is 0 Å².